The SMILES string of the molecule is CCCC#CN1CC(=O)CC(c2cccc(F)c2)=N1. The van der Waals surface area contributed by atoms with Gasteiger partial charge in [-0.3, -0.25) is 4.79 Å². The maximum atomic E-state index is 13.2. The monoisotopic (exact) mass is 258 g/mol. The van der Waals surface area contributed by atoms with Crippen LogP contribution in [-0.4, -0.2) is 23.0 Å². The van der Waals surface area contributed by atoms with Gasteiger partial charge < -0.3 is 0 Å². The van der Waals surface area contributed by atoms with Crippen LogP contribution in [0.25, 0.3) is 0 Å². The molecule has 19 heavy (non-hydrogen) atoms. The van der Waals surface area contributed by atoms with Gasteiger partial charge in [0.05, 0.1) is 12.1 Å². The Morgan fingerprint density at radius 1 is 1.47 bits per heavy atom. The Balaban J connectivity index is 2.24. The normalized spacial score (nSPS) is 14.7. The first-order valence-corrected chi connectivity index (χ1v) is 6.30. The van der Waals surface area contributed by atoms with E-state index in [9.17, 15) is 9.18 Å². The molecule has 2 rings (SSSR count). The highest BCUT2D eigenvalue weighted by Crippen LogP contribution is 2.13. The van der Waals surface area contributed by atoms with Crippen molar-refractivity contribution < 1.29 is 9.18 Å². The summed E-state index contributed by atoms with van der Waals surface area (Å²) in [6, 6.07) is 8.96. The molecule has 1 aliphatic rings. The Kier molecular flexibility index (Phi) is 4.30. The van der Waals surface area contributed by atoms with Gasteiger partial charge in [0.25, 0.3) is 0 Å². The molecule has 3 nitrogen and oxygen atoms in total. The van der Waals surface area contributed by atoms with Gasteiger partial charge in [0.1, 0.15) is 12.4 Å². The van der Waals surface area contributed by atoms with Gasteiger partial charge in [-0.2, -0.15) is 5.10 Å². The minimum atomic E-state index is -0.332. The van der Waals surface area contributed by atoms with Crippen molar-refractivity contribution in [2.24, 2.45) is 5.10 Å². The van der Waals surface area contributed by atoms with E-state index in [4.69, 9.17) is 0 Å². The van der Waals surface area contributed by atoms with Crippen LogP contribution in [0.3, 0.4) is 0 Å². The molecule has 0 fully saturated rings. The molecule has 1 aromatic rings. The van der Waals surface area contributed by atoms with Gasteiger partial charge in [-0.25, -0.2) is 9.40 Å². The molecular formula is C15H15FN2O. The molecule has 0 spiro atoms. The molecule has 0 saturated carbocycles. The third-order valence-corrected chi connectivity index (χ3v) is 2.67. The van der Waals surface area contributed by atoms with Crippen molar-refractivity contribution in [3.05, 3.63) is 35.6 Å². The number of hydrazone groups is 1. The minimum Gasteiger partial charge on any atom is -0.297 e. The number of hydrogen-bond donors (Lipinski definition) is 0. The Bertz CT molecular complexity index is 569. The first-order chi connectivity index (χ1) is 9.19. The maximum absolute atomic E-state index is 13.2. The fraction of sp³-hybridized carbons (Fsp3) is 0.333. The number of halogens is 1. The molecule has 0 aromatic heterocycles. The van der Waals surface area contributed by atoms with Crippen molar-refractivity contribution in [3.8, 4) is 12.0 Å². The average Bonchev–Trinajstić information content (AvgIpc) is 2.38. The molecule has 0 amide bonds. The Morgan fingerprint density at radius 3 is 3.05 bits per heavy atom. The Labute approximate surface area is 112 Å². The molecule has 1 aliphatic heterocycles. The van der Waals surface area contributed by atoms with E-state index in [1.165, 1.54) is 17.1 Å². The Morgan fingerprint density at radius 2 is 2.32 bits per heavy atom. The van der Waals surface area contributed by atoms with Gasteiger partial charge in [0.15, 0.2) is 5.78 Å². The molecule has 4 heteroatoms. The predicted octanol–water partition coefficient (Wildman–Crippen LogP) is 2.57. The molecule has 1 aromatic carbocycles. The third-order valence-electron chi connectivity index (χ3n) is 2.67. The van der Waals surface area contributed by atoms with E-state index in [1.807, 2.05) is 6.92 Å². The highest BCUT2D eigenvalue weighted by Gasteiger charge is 2.19. The number of hydrogen-bond acceptors (Lipinski definition) is 3. The fourth-order valence-electron chi connectivity index (χ4n) is 1.79. The summed E-state index contributed by atoms with van der Waals surface area (Å²) in [6.07, 6.45) is 1.97. The summed E-state index contributed by atoms with van der Waals surface area (Å²) in [5.41, 5.74) is 1.21. The molecule has 98 valence electrons. The van der Waals surface area contributed by atoms with Crippen LogP contribution < -0.4 is 0 Å². The highest BCUT2D eigenvalue weighted by molar-refractivity contribution is 6.12. The van der Waals surface area contributed by atoms with E-state index in [2.05, 4.69) is 17.1 Å². The zero-order chi connectivity index (χ0) is 13.7. The van der Waals surface area contributed by atoms with Gasteiger partial charge in [-0.05, 0) is 18.6 Å². The average molecular weight is 258 g/mol. The van der Waals surface area contributed by atoms with Crippen LogP contribution in [0.15, 0.2) is 29.4 Å². The molecular weight excluding hydrogens is 243 g/mol. The van der Waals surface area contributed by atoms with E-state index < -0.39 is 0 Å². The summed E-state index contributed by atoms with van der Waals surface area (Å²) in [5, 5.41) is 5.75. The van der Waals surface area contributed by atoms with Crippen LogP contribution in [0, 0.1) is 17.8 Å². The molecule has 0 aliphatic carbocycles. The molecule has 1 heterocycles. The van der Waals surface area contributed by atoms with E-state index in [1.54, 1.807) is 12.1 Å². The van der Waals surface area contributed by atoms with Crippen molar-refractivity contribution in [1.29, 1.82) is 0 Å². The largest absolute Gasteiger partial charge is 0.297 e. The minimum absolute atomic E-state index is 0.0417. The summed E-state index contributed by atoms with van der Waals surface area (Å²) >= 11 is 0. The van der Waals surface area contributed by atoms with Gasteiger partial charge in [0.2, 0.25) is 0 Å². The first kappa shape index (κ1) is 13.3. The predicted molar refractivity (Wildman–Crippen MR) is 72.0 cm³/mol. The maximum Gasteiger partial charge on any atom is 0.161 e. The summed E-state index contributed by atoms with van der Waals surface area (Å²) in [7, 11) is 0. The molecule has 0 atom stereocenters. The zero-order valence-corrected chi connectivity index (χ0v) is 10.8. The van der Waals surface area contributed by atoms with Crippen molar-refractivity contribution >= 4 is 11.5 Å². The number of benzene rings is 1. The van der Waals surface area contributed by atoms with Gasteiger partial charge in [-0.1, -0.05) is 25.0 Å². The van der Waals surface area contributed by atoms with Crippen molar-refractivity contribution in [2.45, 2.75) is 26.2 Å². The second kappa shape index (κ2) is 6.14. The molecule has 0 bridgehead atoms. The number of Topliss-reactive ketones (excluding diaryl/α,β-unsaturated/α-hetero) is 1. The highest BCUT2D eigenvalue weighted by atomic mass is 19.1. The number of carbonyl (C=O) groups is 1. The smallest absolute Gasteiger partial charge is 0.161 e. The standard InChI is InChI=1S/C15H15FN2O/c1-2-3-4-8-18-11-14(19)10-15(17-18)12-6-5-7-13(16)9-12/h5-7,9H,2-3,10-11H2,1H3. The summed E-state index contributed by atoms with van der Waals surface area (Å²) in [5.74, 6) is 2.66. The van der Waals surface area contributed by atoms with E-state index in [0.717, 1.165) is 12.8 Å². The lowest BCUT2D eigenvalue weighted by molar-refractivity contribution is -0.118. The van der Waals surface area contributed by atoms with Crippen molar-refractivity contribution in [2.75, 3.05) is 6.54 Å². The number of nitrogens with zero attached hydrogens (tertiary/aromatic N) is 2. The number of ketones is 1. The zero-order valence-electron chi connectivity index (χ0n) is 10.8. The number of rotatable bonds is 2. The second-order valence-electron chi connectivity index (χ2n) is 4.37. The third kappa shape index (κ3) is 3.65. The summed E-state index contributed by atoms with van der Waals surface area (Å²) < 4.78 is 13.2. The van der Waals surface area contributed by atoms with E-state index in [0.29, 0.717) is 11.3 Å². The van der Waals surface area contributed by atoms with Crippen LogP contribution in [0.5, 0.6) is 0 Å². The quantitative estimate of drug-likeness (QED) is 0.764. The first-order valence-electron chi connectivity index (χ1n) is 6.30. The van der Waals surface area contributed by atoms with Crippen molar-refractivity contribution in [3.63, 3.8) is 0 Å². The number of unbranched alkanes of at least 4 members (excludes halogenated alkanes) is 1. The topological polar surface area (TPSA) is 32.7 Å². The summed E-state index contributed by atoms with van der Waals surface area (Å²) in [4.78, 5) is 11.7. The van der Waals surface area contributed by atoms with Gasteiger partial charge in [-0.15, -0.1) is 0 Å². The number of carbonyl (C=O) groups excluding carboxylic acids is 1. The molecule has 0 saturated heterocycles. The molecule has 0 unspecified atom stereocenters. The molecule has 0 radical (unpaired) electrons. The Hall–Kier alpha value is -2.15. The molecule has 0 N–H and O–H groups in total. The van der Waals surface area contributed by atoms with Crippen molar-refractivity contribution in [1.82, 2.24) is 5.01 Å². The lowest BCUT2D eigenvalue weighted by atomic mass is 10.0. The van der Waals surface area contributed by atoms with Gasteiger partial charge in [0, 0.05) is 18.0 Å². The van der Waals surface area contributed by atoms with Crippen LogP contribution in [0.2, 0.25) is 0 Å². The van der Waals surface area contributed by atoms with Gasteiger partial charge >= 0.3 is 0 Å². The fourth-order valence-corrected chi connectivity index (χ4v) is 1.79. The second-order valence-corrected chi connectivity index (χ2v) is 4.37. The van der Waals surface area contributed by atoms with E-state index in [-0.39, 0.29) is 24.6 Å². The lowest BCUT2D eigenvalue weighted by Gasteiger charge is -2.19. The van der Waals surface area contributed by atoms with Crippen LogP contribution in [-0.2, 0) is 4.79 Å². The van der Waals surface area contributed by atoms with E-state index >= 15 is 0 Å². The van der Waals surface area contributed by atoms with Crippen LogP contribution in [0.4, 0.5) is 4.39 Å². The lowest BCUT2D eigenvalue weighted by Crippen LogP contribution is -2.30. The van der Waals surface area contributed by atoms with Crippen LogP contribution in [0.1, 0.15) is 31.7 Å². The summed E-state index contributed by atoms with van der Waals surface area (Å²) in [6.45, 7) is 2.24. The van der Waals surface area contributed by atoms with Crippen LogP contribution >= 0.6 is 0 Å².